The third kappa shape index (κ3) is 9.28. The summed E-state index contributed by atoms with van der Waals surface area (Å²) in [4.78, 5) is 30.5. The quantitative estimate of drug-likeness (QED) is 0.453. The first kappa shape index (κ1) is 28.2. The standard InChI is InChI=1S/C28H48N4O2/c1-8-31(9-2)17-14-29-27(34)24-19-23(30-26(33)18-22(4)20-28(5,6)7)10-11-25(24)32-15-12-21(3)13-16-32/h10-11,19,21-22H,8-9,12-18,20H2,1-7H3,(H,29,34)(H,30,33). The van der Waals surface area contributed by atoms with Crippen LogP contribution in [0.15, 0.2) is 18.2 Å². The number of likely N-dealkylation sites (N-methyl/N-ethyl adjacent to an activating group) is 1. The maximum absolute atomic E-state index is 13.2. The molecule has 2 amide bonds. The Morgan fingerprint density at radius 2 is 1.79 bits per heavy atom. The number of carbonyl (C=O) groups is 2. The maximum Gasteiger partial charge on any atom is 0.253 e. The molecular formula is C28H48N4O2. The van der Waals surface area contributed by atoms with Crippen molar-refractivity contribution in [3.63, 3.8) is 0 Å². The van der Waals surface area contributed by atoms with Gasteiger partial charge in [-0.3, -0.25) is 9.59 Å². The summed E-state index contributed by atoms with van der Waals surface area (Å²) < 4.78 is 0. The highest BCUT2D eigenvalue weighted by Crippen LogP contribution is 2.30. The highest BCUT2D eigenvalue weighted by atomic mass is 16.2. The van der Waals surface area contributed by atoms with E-state index in [1.54, 1.807) is 0 Å². The molecule has 1 aromatic rings. The molecule has 1 atom stereocenters. The molecule has 1 aliphatic heterocycles. The molecule has 192 valence electrons. The van der Waals surface area contributed by atoms with Crippen LogP contribution in [0.25, 0.3) is 0 Å². The second-order valence-electron chi connectivity index (χ2n) is 11.3. The van der Waals surface area contributed by atoms with E-state index >= 15 is 0 Å². The van der Waals surface area contributed by atoms with Crippen molar-refractivity contribution in [1.82, 2.24) is 10.2 Å². The Morgan fingerprint density at radius 3 is 2.38 bits per heavy atom. The molecule has 0 aliphatic carbocycles. The van der Waals surface area contributed by atoms with Gasteiger partial charge in [-0.05, 0) is 67.8 Å². The molecule has 0 spiro atoms. The molecule has 0 radical (unpaired) electrons. The Labute approximate surface area is 207 Å². The van der Waals surface area contributed by atoms with Crippen LogP contribution in [-0.2, 0) is 4.79 Å². The van der Waals surface area contributed by atoms with Gasteiger partial charge in [-0.15, -0.1) is 0 Å². The lowest BCUT2D eigenvalue weighted by Gasteiger charge is -2.33. The summed E-state index contributed by atoms with van der Waals surface area (Å²) in [5.41, 5.74) is 2.50. The minimum atomic E-state index is -0.0713. The number of nitrogens with zero attached hydrogens (tertiary/aromatic N) is 2. The Balaban J connectivity index is 2.14. The summed E-state index contributed by atoms with van der Waals surface area (Å²) >= 11 is 0. The van der Waals surface area contributed by atoms with Crippen molar-refractivity contribution in [3.8, 4) is 0 Å². The summed E-state index contributed by atoms with van der Waals surface area (Å²) in [6.07, 6.45) is 3.74. The fourth-order valence-corrected chi connectivity index (χ4v) is 4.93. The second kappa shape index (κ2) is 13.1. The van der Waals surface area contributed by atoms with Gasteiger partial charge in [0, 0.05) is 44.0 Å². The van der Waals surface area contributed by atoms with E-state index in [1.165, 1.54) is 0 Å². The topological polar surface area (TPSA) is 64.7 Å². The van der Waals surface area contributed by atoms with Crippen LogP contribution in [0.2, 0.25) is 0 Å². The Kier molecular flexibility index (Phi) is 10.9. The van der Waals surface area contributed by atoms with E-state index in [-0.39, 0.29) is 17.2 Å². The third-order valence-electron chi connectivity index (χ3n) is 6.75. The van der Waals surface area contributed by atoms with Gasteiger partial charge in [-0.25, -0.2) is 0 Å². The Bertz CT molecular complexity index is 790. The van der Waals surface area contributed by atoms with Crippen molar-refractivity contribution >= 4 is 23.2 Å². The molecule has 34 heavy (non-hydrogen) atoms. The lowest BCUT2D eigenvalue weighted by molar-refractivity contribution is -0.117. The molecule has 1 unspecified atom stereocenters. The van der Waals surface area contributed by atoms with Gasteiger partial charge < -0.3 is 20.4 Å². The molecule has 1 aliphatic rings. The van der Waals surface area contributed by atoms with Gasteiger partial charge >= 0.3 is 0 Å². The molecule has 0 saturated carbocycles. The van der Waals surface area contributed by atoms with E-state index in [0.29, 0.717) is 30.1 Å². The summed E-state index contributed by atoms with van der Waals surface area (Å²) in [6, 6.07) is 5.79. The lowest BCUT2D eigenvalue weighted by atomic mass is 9.84. The summed E-state index contributed by atoms with van der Waals surface area (Å²) in [6.45, 7) is 20.6. The molecule has 1 aromatic carbocycles. The zero-order valence-corrected chi connectivity index (χ0v) is 22.7. The number of carbonyl (C=O) groups excluding carboxylic acids is 2. The first-order chi connectivity index (χ1) is 16.0. The van der Waals surface area contributed by atoms with E-state index in [9.17, 15) is 9.59 Å². The van der Waals surface area contributed by atoms with Crippen LogP contribution in [0.1, 0.15) is 84.5 Å². The second-order valence-corrected chi connectivity index (χ2v) is 11.3. The number of hydrogen-bond donors (Lipinski definition) is 2. The number of nitrogens with one attached hydrogen (secondary N) is 2. The van der Waals surface area contributed by atoms with Gasteiger partial charge in [-0.1, -0.05) is 48.5 Å². The van der Waals surface area contributed by atoms with Crippen molar-refractivity contribution < 1.29 is 9.59 Å². The molecule has 1 heterocycles. The van der Waals surface area contributed by atoms with Gasteiger partial charge in [0.1, 0.15) is 0 Å². The first-order valence-corrected chi connectivity index (χ1v) is 13.2. The molecule has 2 rings (SSSR count). The van der Waals surface area contributed by atoms with Crippen molar-refractivity contribution in [3.05, 3.63) is 23.8 Å². The van der Waals surface area contributed by atoms with E-state index < -0.39 is 0 Å². The molecule has 0 bridgehead atoms. The summed E-state index contributed by atoms with van der Waals surface area (Å²) in [5.74, 6) is 0.955. The van der Waals surface area contributed by atoms with Gasteiger partial charge in [0.05, 0.1) is 5.56 Å². The van der Waals surface area contributed by atoms with Crippen molar-refractivity contribution in [2.75, 3.05) is 49.5 Å². The zero-order valence-electron chi connectivity index (χ0n) is 22.7. The van der Waals surface area contributed by atoms with Gasteiger partial charge in [0.2, 0.25) is 5.91 Å². The molecule has 1 fully saturated rings. The average Bonchev–Trinajstić information content (AvgIpc) is 2.75. The van der Waals surface area contributed by atoms with E-state index in [0.717, 1.165) is 63.6 Å². The largest absolute Gasteiger partial charge is 0.371 e. The minimum absolute atomic E-state index is 0.00388. The molecule has 6 heteroatoms. The van der Waals surface area contributed by atoms with Crippen LogP contribution in [-0.4, -0.2) is 56.0 Å². The molecular weight excluding hydrogens is 424 g/mol. The van der Waals surface area contributed by atoms with Gasteiger partial charge in [0.15, 0.2) is 0 Å². The lowest BCUT2D eigenvalue weighted by Crippen LogP contribution is -2.37. The third-order valence-corrected chi connectivity index (χ3v) is 6.75. The zero-order chi connectivity index (χ0) is 25.3. The fourth-order valence-electron chi connectivity index (χ4n) is 4.93. The minimum Gasteiger partial charge on any atom is -0.371 e. The van der Waals surface area contributed by atoms with E-state index in [1.807, 2.05) is 18.2 Å². The van der Waals surface area contributed by atoms with Crippen LogP contribution < -0.4 is 15.5 Å². The number of rotatable bonds is 11. The van der Waals surface area contributed by atoms with Crippen LogP contribution in [0, 0.1) is 17.3 Å². The molecule has 2 N–H and O–H groups in total. The number of hydrogen-bond acceptors (Lipinski definition) is 4. The van der Waals surface area contributed by atoms with Gasteiger partial charge in [-0.2, -0.15) is 0 Å². The van der Waals surface area contributed by atoms with Crippen LogP contribution >= 0.6 is 0 Å². The monoisotopic (exact) mass is 472 g/mol. The summed E-state index contributed by atoms with van der Waals surface area (Å²) in [5, 5.41) is 6.14. The SMILES string of the molecule is CCN(CC)CCNC(=O)c1cc(NC(=O)CC(C)CC(C)(C)C)ccc1N1CCC(C)CC1. The van der Waals surface area contributed by atoms with Crippen LogP contribution in [0.5, 0.6) is 0 Å². The van der Waals surface area contributed by atoms with E-state index in [2.05, 4.69) is 68.9 Å². The predicted molar refractivity (Wildman–Crippen MR) is 144 cm³/mol. The smallest absolute Gasteiger partial charge is 0.253 e. The maximum atomic E-state index is 13.2. The normalized spacial score (nSPS) is 15.9. The van der Waals surface area contributed by atoms with E-state index in [4.69, 9.17) is 0 Å². The number of anilines is 2. The van der Waals surface area contributed by atoms with Gasteiger partial charge in [0.25, 0.3) is 5.91 Å². The Morgan fingerprint density at radius 1 is 1.15 bits per heavy atom. The van der Waals surface area contributed by atoms with Crippen LogP contribution in [0.4, 0.5) is 11.4 Å². The number of benzene rings is 1. The number of amides is 2. The Hall–Kier alpha value is -2.08. The van der Waals surface area contributed by atoms with Crippen LogP contribution in [0.3, 0.4) is 0 Å². The highest BCUT2D eigenvalue weighted by molar-refractivity contribution is 6.02. The fraction of sp³-hybridized carbons (Fsp3) is 0.714. The molecule has 0 aromatic heterocycles. The number of piperidine rings is 1. The van der Waals surface area contributed by atoms with Crippen molar-refractivity contribution in [1.29, 1.82) is 0 Å². The van der Waals surface area contributed by atoms with Crippen molar-refractivity contribution in [2.24, 2.45) is 17.3 Å². The molecule has 6 nitrogen and oxygen atoms in total. The summed E-state index contributed by atoms with van der Waals surface area (Å²) in [7, 11) is 0. The first-order valence-electron chi connectivity index (χ1n) is 13.2. The highest BCUT2D eigenvalue weighted by Gasteiger charge is 2.23. The van der Waals surface area contributed by atoms with Crippen molar-refractivity contribution in [2.45, 2.75) is 74.1 Å². The predicted octanol–water partition coefficient (Wildman–Crippen LogP) is 5.40. The molecule has 1 saturated heterocycles. The average molecular weight is 473 g/mol.